The van der Waals surface area contributed by atoms with Gasteiger partial charge in [-0.2, -0.15) is 0 Å². The molecular weight excluding hydrogens is 218 g/mol. The summed E-state index contributed by atoms with van der Waals surface area (Å²) in [5.41, 5.74) is 7.40. The Kier molecular flexibility index (Phi) is 3.62. The van der Waals surface area contributed by atoms with Gasteiger partial charge in [-0.15, -0.1) is 11.3 Å². The molecular formula is C12H21N3S. The topological polar surface area (TPSA) is 42.2 Å². The standard InChI is InChI=1S/C12H21N3S/c1-10-14-11(8-16-10)7-15(2)9-12(3-4-12)5-6-13/h8H,3-7,9,13H2,1-2H3. The summed E-state index contributed by atoms with van der Waals surface area (Å²) in [7, 11) is 2.19. The van der Waals surface area contributed by atoms with Gasteiger partial charge in [-0.1, -0.05) is 0 Å². The highest BCUT2D eigenvalue weighted by atomic mass is 32.1. The van der Waals surface area contributed by atoms with Crippen LogP contribution in [-0.2, 0) is 6.54 Å². The van der Waals surface area contributed by atoms with Gasteiger partial charge >= 0.3 is 0 Å². The van der Waals surface area contributed by atoms with Crippen molar-refractivity contribution in [2.24, 2.45) is 11.1 Å². The second kappa shape index (κ2) is 4.82. The first kappa shape index (κ1) is 12.0. The maximum atomic E-state index is 5.66. The number of aromatic nitrogens is 1. The molecule has 16 heavy (non-hydrogen) atoms. The fourth-order valence-corrected chi connectivity index (χ4v) is 2.96. The van der Waals surface area contributed by atoms with Gasteiger partial charge in [0.15, 0.2) is 0 Å². The Morgan fingerprint density at radius 3 is 2.81 bits per heavy atom. The predicted molar refractivity (Wildman–Crippen MR) is 68.5 cm³/mol. The second-order valence-corrected chi connectivity index (χ2v) is 6.13. The molecule has 90 valence electrons. The number of aryl methyl sites for hydroxylation is 1. The maximum absolute atomic E-state index is 5.66. The molecule has 2 rings (SSSR count). The van der Waals surface area contributed by atoms with Crippen LogP contribution in [0.25, 0.3) is 0 Å². The van der Waals surface area contributed by atoms with Gasteiger partial charge in [0, 0.05) is 18.5 Å². The molecule has 1 saturated carbocycles. The number of thiazole rings is 1. The van der Waals surface area contributed by atoms with E-state index in [1.807, 2.05) is 0 Å². The third-order valence-corrected chi connectivity index (χ3v) is 4.16. The molecule has 1 heterocycles. The third kappa shape index (κ3) is 3.03. The van der Waals surface area contributed by atoms with Crippen LogP contribution in [0.15, 0.2) is 5.38 Å². The van der Waals surface area contributed by atoms with Gasteiger partial charge in [-0.25, -0.2) is 4.98 Å². The van der Waals surface area contributed by atoms with Crippen molar-refractivity contribution in [3.8, 4) is 0 Å². The number of rotatable bonds is 6. The Morgan fingerprint density at radius 1 is 1.56 bits per heavy atom. The van der Waals surface area contributed by atoms with E-state index < -0.39 is 0 Å². The molecule has 1 aromatic heterocycles. The van der Waals surface area contributed by atoms with Crippen LogP contribution >= 0.6 is 11.3 Å². The molecule has 0 unspecified atom stereocenters. The molecule has 1 aliphatic carbocycles. The van der Waals surface area contributed by atoms with Gasteiger partial charge in [-0.05, 0) is 45.2 Å². The highest BCUT2D eigenvalue weighted by molar-refractivity contribution is 7.09. The molecule has 2 N–H and O–H groups in total. The van der Waals surface area contributed by atoms with Crippen molar-refractivity contribution in [3.63, 3.8) is 0 Å². The summed E-state index contributed by atoms with van der Waals surface area (Å²) in [6.07, 6.45) is 3.88. The highest BCUT2D eigenvalue weighted by Crippen LogP contribution is 2.48. The molecule has 1 aliphatic rings. The normalized spacial score (nSPS) is 18.0. The highest BCUT2D eigenvalue weighted by Gasteiger charge is 2.42. The average Bonchev–Trinajstić information content (AvgIpc) is 2.82. The van der Waals surface area contributed by atoms with Gasteiger partial charge in [0.05, 0.1) is 10.7 Å². The molecule has 3 nitrogen and oxygen atoms in total. The lowest BCUT2D eigenvalue weighted by Gasteiger charge is -2.22. The fourth-order valence-electron chi connectivity index (χ4n) is 2.36. The lowest BCUT2D eigenvalue weighted by atomic mass is 10.0. The minimum Gasteiger partial charge on any atom is -0.330 e. The summed E-state index contributed by atoms with van der Waals surface area (Å²) in [5, 5.41) is 3.32. The van der Waals surface area contributed by atoms with Crippen LogP contribution in [0.5, 0.6) is 0 Å². The van der Waals surface area contributed by atoms with Crippen LogP contribution in [0.4, 0.5) is 0 Å². The smallest absolute Gasteiger partial charge is 0.0897 e. The van der Waals surface area contributed by atoms with Crippen LogP contribution in [0.3, 0.4) is 0 Å². The molecule has 0 aromatic carbocycles. The van der Waals surface area contributed by atoms with E-state index in [2.05, 4.69) is 29.2 Å². The van der Waals surface area contributed by atoms with E-state index in [0.717, 1.165) is 18.1 Å². The van der Waals surface area contributed by atoms with Crippen molar-refractivity contribution in [2.45, 2.75) is 32.7 Å². The first-order chi connectivity index (χ1) is 7.63. The zero-order valence-electron chi connectivity index (χ0n) is 10.2. The molecule has 0 radical (unpaired) electrons. The molecule has 0 saturated heterocycles. The average molecular weight is 239 g/mol. The van der Waals surface area contributed by atoms with Crippen molar-refractivity contribution in [3.05, 3.63) is 16.1 Å². The maximum Gasteiger partial charge on any atom is 0.0897 e. The van der Waals surface area contributed by atoms with E-state index in [1.54, 1.807) is 11.3 Å². The minimum atomic E-state index is 0.536. The Morgan fingerprint density at radius 2 is 2.31 bits per heavy atom. The van der Waals surface area contributed by atoms with Gasteiger partial charge in [0.25, 0.3) is 0 Å². The van der Waals surface area contributed by atoms with Crippen molar-refractivity contribution in [2.75, 3.05) is 20.1 Å². The molecule has 0 bridgehead atoms. The lowest BCUT2D eigenvalue weighted by molar-refractivity contribution is 0.246. The van der Waals surface area contributed by atoms with Gasteiger partial charge in [0.2, 0.25) is 0 Å². The Balaban J connectivity index is 1.82. The zero-order valence-corrected chi connectivity index (χ0v) is 11.0. The molecule has 0 atom stereocenters. The first-order valence-electron chi connectivity index (χ1n) is 5.93. The lowest BCUT2D eigenvalue weighted by Crippen LogP contribution is -2.28. The fraction of sp³-hybridized carbons (Fsp3) is 0.750. The van der Waals surface area contributed by atoms with Crippen LogP contribution < -0.4 is 5.73 Å². The van der Waals surface area contributed by atoms with Crippen molar-refractivity contribution < 1.29 is 0 Å². The van der Waals surface area contributed by atoms with E-state index in [0.29, 0.717) is 5.41 Å². The number of hydrogen-bond acceptors (Lipinski definition) is 4. The van der Waals surface area contributed by atoms with E-state index >= 15 is 0 Å². The summed E-state index contributed by atoms with van der Waals surface area (Å²) < 4.78 is 0. The van der Waals surface area contributed by atoms with Crippen molar-refractivity contribution in [1.29, 1.82) is 0 Å². The minimum absolute atomic E-state index is 0.536. The van der Waals surface area contributed by atoms with E-state index in [4.69, 9.17) is 5.73 Å². The van der Waals surface area contributed by atoms with Crippen LogP contribution in [0.1, 0.15) is 30.0 Å². The van der Waals surface area contributed by atoms with Crippen LogP contribution in [0, 0.1) is 12.3 Å². The number of hydrogen-bond donors (Lipinski definition) is 1. The number of nitrogens with zero attached hydrogens (tertiary/aromatic N) is 2. The molecule has 4 heteroatoms. The quantitative estimate of drug-likeness (QED) is 0.826. The van der Waals surface area contributed by atoms with Gasteiger partial charge < -0.3 is 5.73 Å². The van der Waals surface area contributed by atoms with Crippen molar-refractivity contribution in [1.82, 2.24) is 9.88 Å². The van der Waals surface area contributed by atoms with Crippen LogP contribution in [0.2, 0.25) is 0 Å². The third-order valence-electron chi connectivity index (χ3n) is 3.34. The molecule has 0 aliphatic heterocycles. The largest absolute Gasteiger partial charge is 0.330 e. The van der Waals surface area contributed by atoms with Gasteiger partial charge in [-0.3, -0.25) is 4.90 Å². The zero-order chi connectivity index (χ0) is 11.6. The SMILES string of the molecule is Cc1nc(CN(C)CC2(CCN)CC2)cs1. The predicted octanol–water partition coefficient (Wildman–Crippen LogP) is 2.01. The summed E-state index contributed by atoms with van der Waals surface area (Å²) in [5.74, 6) is 0. The first-order valence-corrected chi connectivity index (χ1v) is 6.81. The number of nitrogens with two attached hydrogens (primary N) is 1. The summed E-state index contributed by atoms with van der Waals surface area (Å²) >= 11 is 1.73. The Bertz CT molecular complexity index is 344. The summed E-state index contributed by atoms with van der Waals surface area (Å²) in [6.45, 7) is 5.02. The van der Waals surface area contributed by atoms with Crippen molar-refractivity contribution >= 4 is 11.3 Å². The van der Waals surface area contributed by atoms with Gasteiger partial charge in [0.1, 0.15) is 0 Å². The Labute approximate surface area is 102 Å². The van der Waals surface area contributed by atoms with Crippen LogP contribution in [-0.4, -0.2) is 30.0 Å². The van der Waals surface area contributed by atoms with E-state index in [9.17, 15) is 0 Å². The Hall–Kier alpha value is -0.450. The summed E-state index contributed by atoms with van der Waals surface area (Å²) in [6, 6.07) is 0. The molecule has 0 amide bonds. The van der Waals surface area contributed by atoms with E-state index in [-0.39, 0.29) is 0 Å². The molecule has 0 spiro atoms. The second-order valence-electron chi connectivity index (χ2n) is 5.07. The monoisotopic (exact) mass is 239 g/mol. The molecule has 1 fully saturated rings. The molecule has 1 aromatic rings. The summed E-state index contributed by atoms with van der Waals surface area (Å²) in [4.78, 5) is 6.89. The van der Waals surface area contributed by atoms with E-state index in [1.165, 1.54) is 31.5 Å².